The first kappa shape index (κ1) is 22.0. The van der Waals surface area contributed by atoms with Gasteiger partial charge in [0.05, 0.1) is 24.5 Å². The van der Waals surface area contributed by atoms with E-state index in [9.17, 15) is 19.5 Å². The Labute approximate surface area is 184 Å². The number of amides is 2. The minimum absolute atomic E-state index is 0.0107. The van der Waals surface area contributed by atoms with Gasteiger partial charge in [-0.1, -0.05) is 12.1 Å². The number of thiocarbonyl (C=S) groups is 1. The van der Waals surface area contributed by atoms with Gasteiger partial charge in [-0.3, -0.25) is 19.8 Å². The fourth-order valence-corrected chi connectivity index (χ4v) is 3.28. The summed E-state index contributed by atoms with van der Waals surface area (Å²) in [7, 11) is 0. The molecule has 1 aliphatic heterocycles. The highest BCUT2D eigenvalue weighted by molar-refractivity contribution is 7.80. The molecule has 0 unspecified atom stereocenters. The SMILES string of the molecule is CCOc1ccc(C=C2C(=O)NC(=S)N(c3cccc(C(=O)O)c3)C2=O)cc1OCC. The molecule has 0 aromatic heterocycles. The molecular weight excluding hydrogens is 420 g/mol. The first-order valence-corrected chi connectivity index (χ1v) is 9.91. The van der Waals surface area contributed by atoms with E-state index in [-0.39, 0.29) is 21.9 Å². The van der Waals surface area contributed by atoms with Gasteiger partial charge in [0.15, 0.2) is 16.6 Å². The smallest absolute Gasteiger partial charge is 0.335 e. The Hall–Kier alpha value is -3.72. The van der Waals surface area contributed by atoms with Crippen molar-refractivity contribution in [1.82, 2.24) is 5.32 Å². The number of aromatic carboxylic acids is 1. The number of hydrogen-bond donors (Lipinski definition) is 2. The molecule has 0 aliphatic carbocycles. The predicted octanol–water partition coefficient (Wildman–Crippen LogP) is 3.01. The third-order valence-corrected chi connectivity index (χ3v) is 4.62. The molecule has 8 nitrogen and oxygen atoms in total. The van der Waals surface area contributed by atoms with Crippen molar-refractivity contribution in [3.8, 4) is 11.5 Å². The maximum absolute atomic E-state index is 13.1. The van der Waals surface area contributed by atoms with E-state index >= 15 is 0 Å². The van der Waals surface area contributed by atoms with E-state index in [1.54, 1.807) is 18.2 Å². The second-order valence-electron chi connectivity index (χ2n) is 6.39. The van der Waals surface area contributed by atoms with Gasteiger partial charge in [-0.25, -0.2) is 4.79 Å². The Kier molecular flexibility index (Phi) is 6.66. The van der Waals surface area contributed by atoms with Gasteiger partial charge in [0, 0.05) is 0 Å². The minimum atomic E-state index is -1.14. The maximum atomic E-state index is 13.1. The average molecular weight is 440 g/mol. The van der Waals surface area contributed by atoms with E-state index in [0.717, 1.165) is 4.90 Å². The molecule has 1 saturated heterocycles. The lowest BCUT2D eigenvalue weighted by atomic mass is 10.1. The maximum Gasteiger partial charge on any atom is 0.335 e. The second kappa shape index (κ2) is 9.40. The van der Waals surface area contributed by atoms with Crippen LogP contribution in [0, 0.1) is 0 Å². The number of carbonyl (C=O) groups is 3. The summed E-state index contributed by atoms with van der Waals surface area (Å²) in [6.45, 7) is 4.57. The normalized spacial score (nSPS) is 15.1. The number of rotatable bonds is 7. The topological polar surface area (TPSA) is 105 Å². The number of benzene rings is 2. The summed E-state index contributed by atoms with van der Waals surface area (Å²) in [5.41, 5.74) is 0.629. The third kappa shape index (κ3) is 4.72. The first-order valence-electron chi connectivity index (χ1n) is 9.50. The van der Waals surface area contributed by atoms with Gasteiger partial charge in [-0.15, -0.1) is 0 Å². The highest BCUT2D eigenvalue weighted by Gasteiger charge is 2.34. The van der Waals surface area contributed by atoms with Crippen molar-refractivity contribution in [3.63, 3.8) is 0 Å². The van der Waals surface area contributed by atoms with Crippen molar-refractivity contribution in [1.29, 1.82) is 0 Å². The molecule has 0 bridgehead atoms. The molecule has 0 saturated carbocycles. The van der Waals surface area contributed by atoms with Crippen LogP contribution >= 0.6 is 12.2 Å². The van der Waals surface area contributed by atoms with E-state index in [2.05, 4.69) is 5.32 Å². The van der Waals surface area contributed by atoms with Crippen LogP contribution < -0.4 is 19.7 Å². The number of ether oxygens (including phenoxy) is 2. The van der Waals surface area contributed by atoms with Crippen LogP contribution in [0.15, 0.2) is 48.0 Å². The Morgan fingerprint density at radius 1 is 1.10 bits per heavy atom. The Bertz CT molecular complexity index is 1100. The number of anilines is 1. The largest absolute Gasteiger partial charge is 0.490 e. The zero-order chi connectivity index (χ0) is 22.5. The summed E-state index contributed by atoms with van der Waals surface area (Å²) in [5, 5.41) is 11.6. The van der Waals surface area contributed by atoms with Gasteiger partial charge in [-0.05, 0) is 68.0 Å². The van der Waals surface area contributed by atoms with Crippen LogP contribution in [0.5, 0.6) is 11.5 Å². The third-order valence-electron chi connectivity index (χ3n) is 4.33. The number of nitrogens with one attached hydrogen (secondary N) is 1. The van der Waals surface area contributed by atoms with Gasteiger partial charge in [0.2, 0.25) is 0 Å². The molecule has 9 heteroatoms. The molecule has 3 rings (SSSR count). The molecular formula is C22H20N2O6S. The summed E-state index contributed by atoms with van der Waals surface area (Å²) >= 11 is 5.15. The van der Waals surface area contributed by atoms with E-state index in [1.807, 2.05) is 13.8 Å². The van der Waals surface area contributed by atoms with Crippen LogP contribution in [0.25, 0.3) is 6.08 Å². The molecule has 1 fully saturated rings. The van der Waals surface area contributed by atoms with E-state index in [0.29, 0.717) is 30.3 Å². The van der Waals surface area contributed by atoms with Crippen LogP contribution in [0.2, 0.25) is 0 Å². The van der Waals surface area contributed by atoms with Gasteiger partial charge in [0.1, 0.15) is 5.57 Å². The van der Waals surface area contributed by atoms with Crippen LogP contribution in [0.4, 0.5) is 5.69 Å². The summed E-state index contributed by atoms with van der Waals surface area (Å²) in [6.07, 6.45) is 1.42. The fourth-order valence-electron chi connectivity index (χ4n) is 2.99. The molecule has 1 heterocycles. The van der Waals surface area contributed by atoms with Crippen molar-refractivity contribution in [2.45, 2.75) is 13.8 Å². The fraction of sp³-hybridized carbons (Fsp3) is 0.182. The van der Waals surface area contributed by atoms with Gasteiger partial charge in [-0.2, -0.15) is 0 Å². The average Bonchev–Trinajstić information content (AvgIpc) is 2.73. The molecule has 1 aliphatic rings. The predicted molar refractivity (Wildman–Crippen MR) is 118 cm³/mol. The van der Waals surface area contributed by atoms with Crippen molar-refractivity contribution in [3.05, 3.63) is 59.2 Å². The van der Waals surface area contributed by atoms with Crippen molar-refractivity contribution >= 4 is 46.9 Å². The number of nitrogens with zero attached hydrogens (tertiary/aromatic N) is 1. The molecule has 0 spiro atoms. The van der Waals surface area contributed by atoms with Crippen molar-refractivity contribution in [2.24, 2.45) is 0 Å². The first-order chi connectivity index (χ1) is 14.8. The van der Waals surface area contributed by atoms with E-state index in [4.69, 9.17) is 21.7 Å². The second-order valence-corrected chi connectivity index (χ2v) is 6.77. The summed E-state index contributed by atoms with van der Waals surface area (Å²) in [6, 6.07) is 10.8. The van der Waals surface area contributed by atoms with Crippen molar-refractivity contribution < 1.29 is 29.0 Å². The van der Waals surface area contributed by atoms with Gasteiger partial charge < -0.3 is 14.6 Å². The molecule has 160 valence electrons. The monoisotopic (exact) mass is 440 g/mol. The highest BCUT2D eigenvalue weighted by atomic mass is 32.1. The van der Waals surface area contributed by atoms with E-state index in [1.165, 1.54) is 30.3 Å². The summed E-state index contributed by atoms with van der Waals surface area (Å²) in [4.78, 5) is 38.0. The van der Waals surface area contributed by atoms with Crippen LogP contribution in [-0.2, 0) is 9.59 Å². The number of hydrogen-bond acceptors (Lipinski definition) is 6. The zero-order valence-corrected chi connectivity index (χ0v) is 17.7. The zero-order valence-electron chi connectivity index (χ0n) is 16.9. The summed E-state index contributed by atoms with van der Waals surface area (Å²) in [5.74, 6) is -1.41. The van der Waals surface area contributed by atoms with Crippen LogP contribution in [0.1, 0.15) is 29.8 Å². The Morgan fingerprint density at radius 3 is 2.48 bits per heavy atom. The highest BCUT2D eigenvalue weighted by Crippen LogP contribution is 2.30. The number of carbonyl (C=O) groups excluding carboxylic acids is 2. The lowest BCUT2D eigenvalue weighted by Gasteiger charge is -2.29. The minimum Gasteiger partial charge on any atom is -0.490 e. The molecule has 2 aromatic carbocycles. The molecule has 2 N–H and O–H groups in total. The number of carboxylic acids is 1. The Balaban J connectivity index is 2.00. The lowest BCUT2D eigenvalue weighted by Crippen LogP contribution is -2.54. The van der Waals surface area contributed by atoms with Gasteiger partial charge >= 0.3 is 5.97 Å². The molecule has 0 atom stereocenters. The van der Waals surface area contributed by atoms with Gasteiger partial charge in [0.25, 0.3) is 11.8 Å². The molecule has 31 heavy (non-hydrogen) atoms. The van der Waals surface area contributed by atoms with E-state index < -0.39 is 17.8 Å². The standard InChI is InChI=1S/C22H20N2O6S/c1-3-29-17-9-8-13(11-18(17)30-4-2)10-16-19(25)23-22(31)24(20(16)26)15-7-5-6-14(12-15)21(27)28/h5-12H,3-4H2,1-2H3,(H,27,28)(H,23,25,31). The Morgan fingerprint density at radius 2 is 1.81 bits per heavy atom. The number of carboxylic acid groups (broad SMARTS) is 1. The lowest BCUT2D eigenvalue weighted by molar-refractivity contribution is -0.122. The quantitative estimate of drug-likeness (QED) is 0.387. The summed E-state index contributed by atoms with van der Waals surface area (Å²) < 4.78 is 11.1. The molecule has 2 amide bonds. The molecule has 0 radical (unpaired) electrons. The van der Waals surface area contributed by atoms with Crippen LogP contribution in [0.3, 0.4) is 0 Å². The van der Waals surface area contributed by atoms with Crippen LogP contribution in [-0.4, -0.2) is 41.2 Å². The van der Waals surface area contributed by atoms with Crippen molar-refractivity contribution in [2.75, 3.05) is 18.1 Å². The molecule has 2 aromatic rings.